The van der Waals surface area contributed by atoms with Crippen molar-refractivity contribution in [2.45, 2.75) is 13.8 Å². The van der Waals surface area contributed by atoms with Gasteiger partial charge in [-0.05, 0) is 26.0 Å². The Morgan fingerprint density at radius 2 is 1.81 bits per heavy atom. The van der Waals surface area contributed by atoms with Crippen LogP contribution in [-0.2, 0) is 4.57 Å². The van der Waals surface area contributed by atoms with Gasteiger partial charge < -0.3 is 19.3 Å². The molecule has 0 fully saturated rings. The molecule has 0 saturated heterocycles. The van der Waals surface area contributed by atoms with Crippen LogP contribution in [-0.4, -0.2) is 23.0 Å². The van der Waals surface area contributed by atoms with Gasteiger partial charge in [-0.15, -0.1) is 0 Å². The number of hydrogen-bond donors (Lipinski definition) is 2. The van der Waals surface area contributed by atoms with Gasteiger partial charge >= 0.3 is 7.60 Å². The van der Waals surface area contributed by atoms with Gasteiger partial charge in [-0.2, -0.15) is 0 Å². The lowest BCUT2D eigenvalue weighted by Crippen LogP contribution is -2.10. The van der Waals surface area contributed by atoms with E-state index in [9.17, 15) is 4.57 Å². The Morgan fingerprint density at radius 3 is 2.31 bits per heavy atom. The van der Waals surface area contributed by atoms with Crippen LogP contribution < -0.4 is 14.8 Å². The van der Waals surface area contributed by atoms with Gasteiger partial charge in [-0.25, -0.2) is 0 Å². The molecule has 1 aromatic rings. The fraction of sp³-hybridized carbons (Fsp3) is 0.400. The van der Waals surface area contributed by atoms with Crippen molar-refractivity contribution >= 4 is 12.9 Å². The summed E-state index contributed by atoms with van der Waals surface area (Å²) >= 11 is 0. The number of hydrogen-bond acceptors (Lipinski definition) is 3. The maximum atomic E-state index is 11.2. The van der Waals surface area contributed by atoms with Gasteiger partial charge in [0.2, 0.25) is 0 Å². The number of rotatable bonds is 5. The highest BCUT2D eigenvalue weighted by Gasteiger charge is 2.23. The average Bonchev–Trinajstić information content (AvgIpc) is 2.17. The standard InChI is InChI=1S/C10H15O5P/c1-3-14-8-5-6-10(16(11,12)13)9(7-8)15-4-2/h5-7H,3-4H2,1-2H3,(H2,11,12,13). The van der Waals surface area contributed by atoms with Crippen LogP contribution in [0.25, 0.3) is 0 Å². The van der Waals surface area contributed by atoms with Crippen LogP contribution in [0.2, 0.25) is 0 Å². The minimum atomic E-state index is -4.30. The molecular formula is C10H15O5P. The van der Waals surface area contributed by atoms with Gasteiger partial charge in [-0.1, -0.05) is 0 Å². The molecule has 90 valence electrons. The zero-order valence-corrected chi connectivity index (χ0v) is 10.1. The molecule has 16 heavy (non-hydrogen) atoms. The Hall–Kier alpha value is -1.03. The second-order valence-corrected chi connectivity index (χ2v) is 4.61. The molecule has 2 N–H and O–H groups in total. The van der Waals surface area contributed by atoms with Crippen molar-refractivity contribution in [3.63, 3.8) is 0 Å². The third kappa shape index (κ3) is 3.23. The largest absolute Gasteiger partial charge is 0.494 e. The molecule has 0 aromatic heterocycles. The van der Waals surface area contributed by atoms with Crippen LogP contribution in [0.1, 0.15) is 13.8 Å². The third-order valence-electron chi connectivity index (χ3n) is 1.86. The second kappa shape index (κ2) is 5.34. The Bertz CT molecular complexity index is 398. The van der Waals surface area contributed by atoms with E-state index >= 15 is 0 Å². The van der Waals surface area contributed by atoms with Crippen LogP contribution in [0.3, 0.4) is 0 Å². The summed E-state index contributed by atoms with van der Waals surface area (Å²) in [5.74, 6) is 0.699. The van der Waals surface area contributed by atoms with Crippen LogP contribution in [0.15, 0.2) is 18.2 Å². The summed E-state index contributed by atoms with van der Waals surface area (Å²) in [6.07, 6.45) is 0. The minimum Gasteiger partial charge on any atom is -0.494 e. The smallest absolute Gasteiger partial charge is 0.359 e. The maximum absolute atomic E-state index is 11.2. The number of benzene rings is 1. The van der Waals surface area contributed by atoms with E-state index in [1.807, 2.05) is 6.92 Å². The predicted molar refractivity (Wildman–Crippen MR) is 60.5 cm³/mol. The van der Waals surface area contributed by atoms with E-state index in [4.69, 9.17) is 19.3 Å². The molecule has 0 heterocycles. The molecule has 0 aliphatic carbocycles. The first kappa shape index (κ1) is 13.0. The zero-order valence-electron chi connectivity index (χ0n) is 9.21. The Balaban J connectivity index is 3.14. The van der Waals surface area contributed by atoms with E-state index in [1.54, 1.807) is 6.92 Å². The van der Waals surface area contributed by atoms with E-state index < -0.39 is 7.60 Å². The van der Waals surface area contributed by atoms with E-state index in [-0.39, 0.29) is 11.1 Å². The summed E-state index contributed by atoms with van der Waals surface area (Å²) in [7, 11) is -4.30. The van der Waals surface area contributed by atoms with Crippen molar-refractivity contribution in [2.75, 3.05) is 13.2 Å². The Morgan fingerprint density at radius 1 is 1.19 bits per heavy atom. The third-order valence-corrected chi connectivity index (χ3v) is 2.85. The van der Waals surface area contributed by atoms with Crippen molar-refractivity contribution in [1.82, 2.24) is 0 Å². The van der Waals surface area contributed by atoms with E-state index in [0.717, 1.165) is 0 Å². The lowest BCUT2D eigenvalue weighted by molar-refractivity contribution is 0.323. The van der Waals surface area contributed by atoms with Gasteiger partial charge in [0.25, 0.3) is 0 Å². The van der Waals surface area contributed by atoms with Crippen LogP contribution >= 0.6 is 7.60 Å². The summed E-state index contributed by atoms with van der Waals surface area (Å²) in [5.41, 5.74) is 0. The van der Waals surface area contributed by atoms with Gasteiger partial charge in [0.15, 0.2) is 0 Å². The van der Waals surface area contributed by atoms with Gasteiger partial charge in [0, 0.05) is 6.07 Å². The molecule has 0 saturated carbocycles. The summed E-state index contributed by atoms with van der Waals surface area (Å²) in [4.78, 5) is 18.2. The molecule has 1 aromatic carbocycles. The topological polar surface area (TPSA) is 76.0 Å². The molecule has 6 heteroatoms. The first-order valence-corrected chi connectivity index (χ1v) is 6.56. The van der Waals surface area contributed by atoms with Crippen molar-refractivity contribution < 1.29 is 23.8 Å². The van der Waals surface area contributed by atoms with Crippen molar-refractivity contribution in [3.05, 3.63) is 18.2 Å². The molecule has 5 nitrogen and oxygen atoms in total. The monoisotopic (exact) mass is 246 g/mol. The van der Waals surface area contributed by atoms with Gasteiger partial charge in [0.1, 0.15) is 16.8 Å². The quantitative estimate of drug-likeness (QED) is 0.765. The van der Waals surface area contributed by atoms with E-state index in [2.05, 4.69) is 0 Å². The molecule has 0 radical (unpaired) electrons. The summed E-state index contributed by atoms with van der Waals surface area (Å²) in [5, 5.41) is -0.113. The van der Waals surface area contributed by atoms with Crippen molar-refractivity contribution in [2.24, 2.45) is 0 Å². The average molecular weight is 246 g/mol. The van der Waals surface area contributed by atoms with Crippen LogP contribution in [0.4, 0.5) is 0 Å². The lowest BCUT2D eigenvalue weighted by Gasteiger charge is -2.13. The van der Waals surface area contributed by atoms with E-state index in [1.165, 1.54) is 18.2 Å². The lowest BCUT2D eigenvalue weighted by atomic mass is 10.3. The summed E-state index contributed by atoms with van der Waals surface area (Å²) < 4.78 is 21.6. The van der Waals surface area contributed by atoms with Gasteiger partial charge in [0.05, 0.1) is 13.2 Å². The summed E-state index contributed by atoms with van der Waals surface area (Å²) in [6, 6.07) is 4.33. The zero-order chi connectivity index (χ0) is 12.2. The molecule has 0 amide bonds. The summed E-state index contributed by atoms with van der Waals surface area (Å²) in [6.45, 7) is 4.40. The highest BCUT2D eigenvalue weighted by Crippen LogP contribution is 2.38. The molecule has 0 atom stereocenters. The molecule has 0 bridgehead atoms. The fourth-order valence-corrected chi connectivity index (χ4v) is 1.95. The van der Waals surface area contributed by atoms with Crippen LogP contribution in [0.5, 0.6) is 11.5 Å². The van der Waals surface area contributed by atoms with Crippen LogP contribution in [0, 0.1) is 0 Å². The second-order valence-electron chi connectivity index (χ2n) is 3.04. The Labute approximate surface area is 94.2 Å². The van der Waals surface area contributed by atoms with E-state index in [0.29, 0.717) is 19.0 Å². The number of ether oxygens (including phenoxy) is 2. The molecule has 0 spiro atoms. The molecule has 0 aliphatic heterocycles. The molecule has 0 unspecified atom stereocenters. The highest BCUT2D eigenvalue weighted by molar-refractivity contribution is 7.60. The van der Waals surface area contributed by atoms with Crippen molar-refractivity contribution in [3.8, 4) is 11.5 Å². The first-order valence-electron chi connectivity index (χ1n) is 4.94. The minimum absolute atomic E-state index is 0.113. The first-order chi connectivity index (χ1) is 7.49. The highest BCUT2D eigenvalue weighted by atomic mass is 31.2. The van der Waals surface area contributed by atoms with Crippen molar-refractivity contribution in [1.29, 1.82) is 0 Å². The SMILES string of the molecule is CCOc1ccc(P(=O)(O)O)c(OCC)c1. The molecule has 1 rings (SSSR count). The Kier molecular flexibility index (Phi) is 4.35. The molecular weight excluding hydrogens is 231 g/mol. The van der Waals surface area contributed by atoms with Gasteiger partial charge in [-0.3, -0.25) is 4.57 Å². The predicted octanol–water partition coefficient (Wildman–Crippen LogP) is 1.29. The fourth-order valence-electron chi connectivity index (χ4n) is 1.26. The molecule has 0 aliphatic rings. The normalized spacial score (nSPS) is 11.2. The maximum Gasteiger partial charge on any atom is 0.359 e.